The predicted octanol–water partition coefficient (Wildman–Crippen LogP) is 2.70. The topological polar surface area (TPSA) is 41.1 Å². The van der Waals surface area contributed by atoms with Gasteiger partial charge in [0.05, 0.1) is 0 Å². The van der Waals surface area contributed by atoms with Gasteiger partial charge in [-0.25, -0.2) is 9.97 Å². The Morgan fingerprint density at radius 2 is 2.11 bits per heavy atom. The van der Waals surface area contributed by atoms with Gasteiger partial charge < -0.3 is 10.2 Å². The molecule has 0 spiro atoms. The summed E-state index contributed by atoms with van der Waals surface area (Å²) in [5.41, 5.74) is 0. The first-order valence-corrected chi connectivity index (χ1v) is 7.49. The van der Waals surface area contributed by atoms with Gasteiger partial charge in [0.2, 0.25) is 0 Å². The van der Waals surface area contributed by atoms with Gasteiger partial charge in [0.1, 0.15) is 16.2 Å². The van der Waals surface area contributed by atoms with Gasteiger partial charge in [0.25, 0.3) is 0 Å². The zero-order valence-electron chi connectivity index (χ0n) is 11.1. The second-order valence-electron chi connectivity index (χ2n) is 4.90. The lowest BCUT2D eigenvalue weighted by Gasteiger charge is -2.21. The SMILES string of the molecule is CCc1nc(Br)cc(NC(C)CN2CCCC2)n1. The monoisotopic (exact) mass is 312 g/mol. The van der Waals surface area contributed by atoms with Crippen molar-refractivity contribution < 1.29 is 0 Å². The molecule has 0 bridgehead atoms. The number of rotatable bonds is 5. The van der Waals surface area contributed by atoms with Gasteiger partial charge in [-0.2, -0.15) is 0 Å². The van der Waals surface area contributed by atoms with E-state index in [1.54, 1.807) is 0 Å². The molecular weight excluding hydrogens is 292 g/mol. The van der Waals surface area contributed by atoms with E-state index in [0.29, 0.717) is 6.04 Å². The summed E-state index contributed by atoms with van der Waals surface area (Å²) in [7, 11) is 0. The maximum atomic E-state index is 4.50. The minimum absolute atomic E-state index is 0.412. The number of halogens is 1. The predicted molar refractivity (Wildman–Crippen MR) is 77.9 cm³/mol. The normalized spacial score (nSPS) is 17.9. The molecule has 0 aliphatic carbocycles. The van der Waals surface area contributed by atoms with Crippen LogP contribution < -0.4 is 5.32 Å². The van der Waals surface area contributed by atoms with E-state index in [1.165, 1.54) is 25.9 Å². The molecule has 0 amide bonds. The van der Waals surface area contributed by atoms with Crippen LogP contribution in [0.2, 0.25) is 0 Å². The fourth-order valence-electron chi connectivity index (χ4n) is 2.35. The summed E-state index contributed by atoms with van der Waals surface area (Å²) in [6.45, 7) is 7.83. The molecule has 5 heteroatoms. The van der Waals surface area contributed by atoms with Crippen molar-refractivity contribution in [2.75, 3.05) is 25.0 Å². The smallest absolute Gasteiger partial charge is 0.131 e. The molecule has 1 aromatic heterocycles. The lowest BCUT2D eigenvalue weighted by Crippen LogP contribution is -2.33. The van der Waals surface area contributed by atoms with Crippen molar-refractivity contribution in [2.45, 2.75) is 39.2 Å². The molecule has 2 rings (SSSR count). The highest BCUT2D eigenvalue weighted by atomic mass is 79.9. The molecule has 1 N–H and O–H groups in total. The van der Waals surface area contributed by atoms with Crippen molar-refractivity contribution in [3.8, 4) is 0 Å². The van der Waals surface area contributed by atoms with Crippen molar-refractivity contribution >= 4 is 21.7 Å². The lowest BCUT2D eigenvalue weighted by atomic mass is 10.3. The molecule has 1 aromatic rings. The van der Waals surface area contributed by atoms with Crippen molar-refractivity contribution in [3.05, 3.63) is 16.5 Å². The first-order valence-electron chi connectivity index (χ1n) is 6.69. The first kappa shape index (κ1) is 13.7. The highest BCUT2D eigenvalue weighted by molar-refractivity contribution is 9.10. The van der Waals surface area contributed by atoms with Crippen LogP contribution in [0.5, 0.6) is 0 Å². The summed E-state index contributed by atoms with van der Waals surface area (Å²) >= 11 is 3.43. The quantitative estimate of drug-likeness (QED) is 0.849. The van der Waals surface area contributed by atoms with Crippen LogP contribution in [0.1, 0.15) is 32.5 Å². The van der Waals surface area contributed by atoms with E-state index in [0.717, 1.165) is 29.2 Å². The van der Waals surface area contributed by atoms with Gasteiger partial charge in [-0.3, -0.25) is 0 Å². The molecular formula is C13H21BrN4. The van der Waals surface area contributed by atoms with Crippen LogP contribution in [0.25, 0.3) is 0 Å². The molecule has 1 atom stereocenters. The third kappa shape index (κ3) is 3.92. The van der Waals surface area contributed by atoms with Crippen LogP contribution >= 0.6 is 15.9 Å². The Morgan fingerprint density at radius 3 is 2.78 bits per heavy atom. The van der Waals surface area contributed by atoms with Crippen molar-refractivity contribution in [3.63, 3.8) is 0 Å². The van der Waals surface area contributed by atoms with Crippen molar-refractivity contribution in [2.24, 2.45) is 0 Å². The lowest BCUT2D eigenvalue weighted by molar-refractivity contribution is 0.327. The number of aryl methyl sites for hydroxylation is 1. The summed E-state index contributed by atoms with van der Waals surface area (Å²) in [6, 6.07) is 2.36. The highest BCUT2D eigenvalue weighted by Crippen LogP contribution is 2.14. The average Bonchev–Trinajstić information content (AvgIpc) is 2.80. The van der Waals surface area contributed by atoms with E-state index in [9.17, 15) is 0 Å². The molecule has 1 aliphatic heterocycles. The zero-order valence-corrected chi connectivity index (χ0v) is 12.7. The van der Waals surface area contributed by atoms with Crippen molar-refractivity contribution in [1.82, 2.24) is 14.9 Å². The molecule has 2 heterocycles. The number of hydrogen-bond donors (Lipinski definition) is 1. The summed E-state index contributed by atoms with van der Waals surface area (Å²) in [5.74, 6) is 1.79. The Bertz CT molecular complexity index is 391. The maximum absolute atomic E-state index is 4.50. The van der Waals surface area contributed by atoms with E-state index < -0.39 is 0 Å². The number of nitrogens with zero attached hydrogens (tertiary/aromatic N) is 3. The average molecular weight is 313 g/mol. The number of hydrogen-bond acceptors (Lipinski definition) is 4. The van der Waals surface area contributed by atoms with Crippen molar-refractivity contribution in [1.29, 1.82) is 0 Å². The van der Waals surface area contributed by atoms with Crippen LogP contribution in [0, 0.1) is 0 Å². The van der Waals surface area contributed by atoms with Crippen LogP contribution in [0.4, 0.5) is 5.82 Å². The Morgan fingerprint density at radius 1 is 1.39 bits per heavy atom. The molecule has 1 fully saturated rings. The fraction of sp³-hybridized carbons (Fsp3) is 0.692. The number of aromatic nitrogens is 2. The minimum atomic E-state index is 0.412. The van der Waals surface area contributed by atoms with Gasteiger partial charge in [-0.05, 0) is 48.8 Å². The summed E-state index contributed by atoms with van der Waals surface area (Å²) < 4.78 is 0.852. The standard InChI is InChI=1S/C13H21BrN4/c1-3-12-16-11(14)8-13(17-12)15-10(2)9-18-6-4-5-7-18/h8,10H,3-7,9H2,1-2H3,(H,15,16,17). The second-order valence-corrected chi connectivity index (χ2v) is 5.71. The second kappa shape index (κ2) is 6.48. The summed E-state index contributed by atoms with van der Waals surface area (Å²) in [5, 5.41) is 3.46. The third-order valence-electron chi connectivity index (χ3n) is 3.18. The van der Waals surface area contributed by atoms with Gasteiger partial charge in [0, 0.05) is 25.1 Å². The molecule has 1 unspecified atom stereocenters. The Hall–Kier alpha value is -0.680. The Labute approximate surface area is 117 Å². The van der Waals surface area contributed by atoms with E-state index in [2.05, 4.69) is 50.0 Å². The zero-order chi connectivity index (χ0) is 13.0. The van der Waals surface area contributed by atoms with Gasteiger partial charge >= 0.3 is 0 Å². The molecule has 100 valence electrons. The Kier molecular flexibility index (Phi) is 4.95. The molecule has 0 saturated carbocycles. The molecule has 1 aliphatic rings. The molecule has 18 heavy (non-hydrogen) atoms. The van der Waals surface area contributed by atoms with Gasteiger partial charge in [-0.15, -0.1) is 0 Å². The molecule has 0 radical (unpaired) electrons. The van der Waals surface area contributed by atoms with Crippen LogP contribution in [-0.4, -0.2) is 40.5 Å². The first-order chi connectivity index (χ1) is 8.67. The highest BCUT2D eigenvalue weighted by Gasteiger charge is 2.15. The number of nitrogens with one attached hydrogen (secondary N) is 1. The van der Waals surface area contributed by atoms with Gasteiger partial charge in [-0.1, -0.05) is 6.92 Å². The van der Waals surface area contributed by atoms with Crippen LogP contribution in [0.3, 0.4) is 0 Å². The van der Waals surface area contributed by atoms with Crippen LogP contribution in [0.15, 0.2) is 10.7 Å². The van der Waals surface area contributed by atoms with E-state index in [1.807, 2.05) is 6.07 Å². The fourth-order valence-corrected chi connectivity index (χ4v) is 2.77. The number of anilines is 1. The number of likely N-dealkylation sites (tertiary alicyclic amines) is 1. The van der Waals surface area contributed by atoms with E-state index in [-0.39, 0.29) is 0 Å². The van der Waals surface area contributed by atoms with E-state index >= 15 is 0 Å². The summed E-state index contributed by atoms with van der Waals surface area (Å²) in [4.78, 5) is 11.3. The summed E-state index contributed by atoms with van der Waals surface area (Å²) in [6.07, 6.45) is 3.53. The van der Waals surface area contributed by atoms with Crippen LogP contribution in [-0.2, 0) is 6.42 Å². The van der Waals surface area contributed by atoms with Gasteiger partial charge in [0.15, 0.2) is 0 Å². The third-order valence-corrected chi connectivity index (χ3v) is 3.59. The minimum Gasteiger partial charge on any atom is -0.366 e. The molecule has 4 nitrogen and oxygen atoms in total. The Balaban J connectivity index is 1.93. The maximum Gasteiger partial charge on any atom is 0.131 e. The van der Waals surface area contributed by atoms with E-state index in [4.69, 9.17) is 0 Å². The largest absolute Gasteiger partial charge is 0.366 e. The molecule has 0 aromatic carbocycles. The molecule has 1 saturated heterocycles.